The molecule has 1 aliphatic heterocycles. The minimum atomic E-state index is -0.0139. The van der Waals surface area contributed by atoms with E-state index in [1.165, 1.54) is 0 Å². The van der Waals surface area contributed by atoms with E-state index in [4.69, 9.17) is 15.2 Å². The number of hydrogen-bond acceptors (Lipinski definition) is 3. The van der Waals surface area contributed by atoms with E-state index in [-0.39, 0.29) is 12.1 Å². The molecule has 0 spiro atoms. The summed E-state index contributed by atoms with van der Waals surface area (Å²) in [5.41, 5.74) is 8.42. The normalized spacial score (nSPS) is 21.4. The number of methoxy groups -OCH3 is 1. The minimum absolute atomic E-state index is 0.0139. The third-order valence-corrected chi connectivity index (χ3v) is 3.52. The summed E-state index contributed by atoms with van der Waals surface area (Å²) in [7, 11) is 1.67. The van der Waals surface area contributed by atoms with Crippen molar-refractivity contribution >= 4 is 0 Å². The maximum Gasteiger partial charge on any atom is 0.126 e. The Bertz CT molecular complexity index is 582. The van der Waals surface area contributed by atoms with Gasteiger partial charge in [0, 0.05) is 18.0 Å². The number of hydrogen-bond donors (Lipinski definition) is 1. The molecule has 2 aromatic carbocycles. The summed E-state index contributed by atoms with van der Waals surface area (Å²) in [6.45, 7) is 0. The first kappa shape index (κ1) is 12.1. The van der Waals surface area contributed by atoms with Crippen LogP contribution in [-0.2, 0) is 0 Å². The van der Waals surface area contributed by atoms with E-state index in [0.717, 1.165) is 29.0 Å². The lowest BCUT2D eigenvalue weighted by Crippen LogP contribution is -2.24. The Hall–Kier alpha value is -2.00. The molecule has 2 aromatic rings. The molecule has 0 amide bonds. The van der Waals surface area contributed by atoms with Gasteiger partial charge in [0.25, 0.3) is 0 Å². The summed E-state index contributed by atoms with van der Waals surface area (Å²) in [5.74, 6) is 1.72. The van der Waals surface area contributed by atoms with E-state index >= 15 is 0 Å². The van der Waals surface area contributed by atoms with Crippen LogP contribution in [0.2, 0.25) is 0 Å². The molecule has 0 saturated carbocycles. The topological polar surface area (TPSA) is 44.5 Å². The monoisotopic (exact) mass is 255 g/mol. The smallest absolute Gasteiger partial charge is 0.126 e. The van der Waals surface area contributed by atoms with Gasteiger partial charge < -0.3 is 15.2 Å². The Morgan fingerprint density at radius 1 is 1.16 bits per heavy atom. The number of benzene rings is 2. The maximum atomic E-state index is 6.23. The Kier molecular flexibility index (Phi) is 3.13. The van der Waals surface area contributed by atoms with Gasteiger partial charge in [0.15, 0.2) is 0 Å². The first-order chi connectivity index (χ1) is 9.28. The van der Waals surface area contributed by atoms with E-state index in [9.17, 15) is 0 Å². The van der Waals surface area contributed by atoms with E-state index in [0.29, 0.717) is 0 Å². The van der Waals surface area contributed by atoms with Crippen LogP contribution in [-0.4, -0.2) is 7.11 Å². The van der Waals surface area contributed by atoms with Crippen LogP contribution in [0, 0.1) is 0 Å². The van der Waals surface area contributed by atoms with Crippen molar-refractivity contribution < 1.29 is 9.47 Å². The molecule has 0 fully saturated rings. The predicted molar refractivity (Wildman–Crippen MR) is 74.4 cm³/mol. The second-order valence-corrected chi connectivity index (χ2v) is 4.76. The molecule has 0 bridgehead atoms. The Balaban J connectivity index is 1.92. The highest BCUT2D eigenvalue weighted by Gasteiger charge is 2.26. The van der Waals surface area contributed by atoms with Crippen LogP contribution < -0.4 is 15.2 Å². The Morgan fingerprint density at radius 2 is 2.00 bits per heavy atom. The first-order valence-corrected chi connectivity index (χ1v) is 6.43. The van der Waals surface area contributed by atoms with Gasteiger partial charge >= 0.3 is 0 Å². The van der Waals surface area contributed by atoms with E-state index in [1.54, 1.807) is 7.11 Å². The highest BCUT2D eigenvalue weighted by Crippen LogP contribution is 2.39. The van der Waals surface area contributed by atoms with Crippen molar-refractivity contribution in [1.29, 1.82) is 0 Å². The molecule has 3 nitrogen and oxygen atoms in total. The second-order valence-electron chi connectivity index (χ2n) is 4.76. The molecule has 3 heteroatoms. The number of fused-ring (bicyclic) bond motifs is 1. The highest BCUT2D eigenvalue weighted by molar-refractivity contribution is 5.40. The van der Waals surface area contributed by atoms with Crippen molar-refractivity contribution in [3.8, 4) is 11.5 Å². The summed E-state index contributed by atoms with van der Waals surface area (Å²) < 4.78 is 11.3. The quantitative estimate of drug-likeness (QED) is 0.896. The van der Waals surface area contributed by atoms with Crippen LogP contribution in [0.4, 0.5) is 0 Å². The minimum Gasteiger partial charge on any atom is -0.497 e. The molecule has 0 aromatic heterocycles. The molecule has 0 aliphatic carbocycles. The van der Waals surface area contributed by atoms with Crippen LogP contribution in [0.15, 0.2) is 48.5 Å². The lowest BCUT2D eigenvalue weighted by Gasteiger charge is -2.30. The van der Waals surface area contributed by atoms with Crippen molar-refractivity contribution in [2.24, 2.45) is 5.73 Å². The summed E-state index contributed by atoms with van der Waals surface area (Å²) in [6, 6.07) is 15.9. The Morgan fingerprint density at radius 3 is 2.84 bits per heavy atom. The average molecular weight is 255 g/mol. The van der Waals surface area contributed by atoms with Gasteiger partial charge in [-0.15, -0.1) is 0 Å². The van der Waals surface area contributed by atoms with Gasteiger partial charge in [-0.1, -0.05) is 30.3 Å². The molecule has 0 saturated heterocycles. The van der Waals surface area contributed by atoms with Crippen molar-refractivity contribution in [3.63, 3.8) is 0 Å². The molecule has 19 heavy (non-hydrogen) atoms. The fourth-order valence-corrected chi connectivity index (χ4v) is 2.50. The number of para-hydroxylation sites is 1. The lowest BCUT2D eigenvalue weighted by molar-refractivity contribution is 0.161. The molecule has 98 valence electrons. The molecule has 2 atom stereocenters. The molecule has 2 N–H and O–H groups in total. The maximum absolute atomic E-state index is 6.23. The van der Waals surface area contributed by atoms with Crippen LogP contribution >= 0.6 is 0 Å². The summed E-state index contributed by atoms with van der Waals surface area (Å²) in [5, 5.41) is 0. The molecule has 1 aliphatic rings. The van der Waals surface area contributed by atoms with Crippen LogP contribution in [0.3, 0.4) is 0 Å². The van der Waals surface area contributed by atoms with Gasteiger partial charge in [-0.3, -0.25) is 0 Å². The largest absolute Gasteiger partial charge is 0.497 e. The molecule has 0 radical (unpaired) electrons. The third-order valence-electron chi connectivity index (χ3n) is 3.52. The van der Waals surface area contributed by atoms with E-state index in [2.05, 4.69) is 0 Å². The van der Waals surface area contributed by atoms with Gasteiger partial charge in [-0.25, -0.2) is 0 Å². The van der Waals surface area contributed by atoms with Crippen LogP contribution in [0.25, 0.3) is 0 Å². The fraction of sp³-hybridized carbons (Fsp3) is 0.250. The molecule has 1 unspecified atom stereocenters. The SMILES string of the molecule is COc1cccc(C2C[C@H](N)c3ccccc3O2)c1. The van der Waals surface area contributed by atoms with Crippen molar-refractivity contribution in [2.75, 3.05) is 7.11 Å². The van der Waals surface area contributed by atoms with E-state index in [1.807, 2.05) is 48.5 Å². The fourth-order valence-electron chi connectivity index (χ4n) is 2.50. The summed E-state index contributed by atoms with van der Waals surface area (Å²) in [6.07, 6.45) is 0.768. The average Bonchev–Trinajstić information content (AvgIpc) is 2.47. The second kappa shape index (κ2) is 4.94. The molecule has 1 heterocycles. The third kappa shape index (κ3) is 2.29. The number of nitrogens with two attached hydrogens (primary N) is 1. The standard InChI is InChI=1S/C16H17NO2/c1-18-12-6-4-5-11(9-12)16-10-14(17)13-7-2-3-8-15(13)19-16/h2-9,14,16H,10,17H2,1H3/t14-,16?/m0/s1. The van der Waals surface area contributed by atoms with Crippen molar-refractivity contribution in [1.82, 2.24) is 0 Å². The van der Waals surface area contributed by atoms with Gasteiger partial charge in [0.05, 0.1) is 7.11 Å². The number of ether oxygens (including phenoxy) is 2. The van der Waals surface area contributed by atoms with Crippen LogP contribution in [0.5, 0.6) is 11.5 Å². The van der Waals surface area contributed by atoms with Crippen LogP contribution in [0.1, 0.15) is 29.7 Å². The van der Waals surface area contributed by atoms with Crippen molar-refractivity contribution in [3.05, 3.63) is 59.7 Å². The molecule has 3 rings (SSSR count). The van der Waals surface area contributed by atoms with Gasteiger partial charge in [-0.2, -0.15) is 0 Å². The Labute approximate surface area is 113 Å². The number of rotatable bonds is 2. The van der Waals surface area contributed by atoms with Gasteiger partial charge in [-0.05, 0) is 23.8 Å². The zero-order chi connectivity index (χ0) is 13.2. The van der Waals surface area contributed by atoms with Gasteiger partial charge in [0.2, 0.25) is 0 Å². The zero-order valence-electron chi connectivity index (χ0n) is 10.9. The highest BCUT2D eigenvalue weighted by atomic mass is 16.5. The lowest BCUT2D eigenvalue weighted by atomic mass is 9.93. The van der Waals surface area contributed by atoms with Gasteiger partial charge in [0.1, 0.15) is 17.6 Å². The first-order valence-electron chi connectivity index (χ1n) is 6.43. The predicted octanol–water partition coefficient (Wildman–Crippen LogP) is 3.22. The molecular weight excluding hydrogens is 238 g/mol. The van der Waals surface area contributed by atoms with E-state index < -0.39 is 0 Å². The zero-order valence-corrected chi connectivity index (χ0v) is 10.9. The molecular formula is C16H17NO2. The van der Waals surface area contributed by atoms with Crippen molar-refractivity contribution in [2.45, 2.75) is 18.6 Å². The summed E-state index contributed by atoms with van der Waals surface area (Å²) >= 11 is 0. The summed E-state index contributed by atoms with van der Waals surface area (Å²) in [4.78, 5) is 0.